The normalized spacial score (nSPS) is 12.6. The molecule has 0 heterocycles. The first-order valence-corrected chi connectivity index (χ1v) is 9.20. The summed E-state index contributed by atoms with van der Waals surface area (Å²) in [5, 5.41) is 0. The fraction of sp³-hybridized carbons (Fsp3) is 0.333. The van der Waals surface area contributed by atoms with E-state index in [4.69, 9.17) is 14.2 Å². The zero-order valence-corrected chi connectivity index (χ0v) is 15.6. The molecule has 0 radical (unpaired) electrons. The lowest BCUT2D eigenvalue weighted by molar-refractivity contribution is 0.107. The maximum Gasteiger partial charge on any atom is 0.244 e. The topological polar surface area (TPSA) is 73.9 Å². The quantitative estimate of drug-likeness (QED) is 0.779. The van der Waals surface area contributed by atoms with Crippen LogP contribution >= 0.6 is 0 Å². The average molecular weight is 365 g/mol. The van der Waals surface area contributed by atoms with Gasteiger partial charge in [-0.25, -0.2) is 13.1 Å². The Morgan fingerprint density at radius 2 is 1.80 bits per heavy atom. The Kier molecular flexibility index (Phi) is 6.41. The Morgan fingerprint density at radius 1 is 1.04 bits per heavy atom. The average Bonchev–Trinajstić information content (AvgIpc) is 2.62. The van der Waals surface area contributed by atoms with Gasteiger partial charge in [0.1, 0.15) is 16.4 Å². The summed E-state index contributed by atoms with van der Waals surface area (Å²) in [6, 6.07) is 12.3. The number of benzene rings is 2. The van der Waals surface area contributed by atoms with Crippen LogP contribution in [0.25, 0.3) is 0 Å². The Bertz CT molecular complexity index is 820. The molecule has 7 heteroatoms. The van der Waals surface area contributed by atoms with Gasteiger partial charge >= 0.3 is 0 Å². The van der Waals surface area contributed by atoms with Crippen molar-refractivity contribution in [3.8, 4) is 11.5 Å². The van der Waals surface area contributed by atoms with Crippen molar-refractivity contribution >= 4 is 10.0 Å². The molecule has 0 spiro atoms. The first kappa shape index (κ1) is 19.2. The molecule has 0 amide bonds. The van der Waals surface area contributed by atoms with E-state index in [9.17, 15) is 8.42 Å². The number of hydrogen-bond donors (Lipinski definition) is 1. The molecule has 0 fully saturated rings. The van der Waals surface area contributed by atoms with E-state index in [2.05, 4.69) is 4.72 Å². The molecular weight excluding hydrogens is 342 g/mol. The summed E-state index contributed by atoms with van der Waals surface area (Å²) >= 11 is 0. The summed E-state index contributed by atoms with van der Waals surface area (Å²) < 4.78 is 43.7. The van der Waals surface area contributed by atoms with Crippen molar-refractivity contribution < 1.29 is 22.6 Å². The molecule has 136 valence electrons. The minimum Gasteiger partial charge on any atom is -0.497 e. The van der Waals surface area contributed by atoms with Crippen LogP contribution in [0.3, 0.4) is 0 Å². The van der Waals surface area contributed by atoms with Crippen molar-refractivity contribution in [3.05, 3.63) is 53.6 Å². The van der Waals surface area contributed by atoms with Gasteiger partial charge in [0.2, 0.25) is 10.0 Å². The van der Waals surface area contributed by atoms with Crippen molar-refractivity contribution in [2.24, 2.45) is 0 Å². The van der Waals surface area contributed by atoms with Crippen LogP contribution in [-0.4, -0.2) is 36.3 Å². The van der Waals surface area contributed by atoms with Crippen LogP contribution < -0.4 is 14.2 Å². The fourth-order valence-corrected chi connectivity index (χ4v) is 3.72. The van der Waals surface area contributed by atoms with Gasteiger partial charge in [-0.3, -0.25) is 0 Å². The number of rotatable bonds is 8. The second kappa shape index (κ2) is 8.33. The highest BCUT2D eigenvalue weighted by Gasteiger charge is 2.22. The van der Waals surface area contributed by atoms with Crippen LogP contribution in [0.2, 0.25) is 0 Å². The second-order valence-corrected chi connectivity index (χ2v) is 7.24. The summed E-state index contributed by atoms with van der Waals surface area (Å²) in [5.74, 6) is 0.983. The minimum atomic E-state index is -3.74. The van der Waals surface area contributed by atoms with Crippen molar-refractivity contribution in [1.29, 1.82) is 0 Å². The zero-order valence-electron chi connectivity index (χ0n) is 14.8. The highest BCUT2D eigenvalue weighted by Crippen LogP contribution is 2.26. The number of ether oxygens (including phenoxy) is 3. The number of sulfonamides is 1. The van der Waals surface area contributed by atoms with Crippen LogP contribution in [-0.2, 0) is 14.8 Å². The Hall–Kier alpha value is -2.09. The fourth-order valence-electron chi connectivity index (χ4n) is 2.44. The largest absolute Gasteiger partial charge is 0.497 e. The summed E-state index contributed by atoms with van der Waals surface area (Å²) in [6.07, 6.45) is -0.444. The zero-order chi connectivity index (χ0) is 18.4. The number of hydrogen-bond acceptors (Lipinski definition) is 5. The molecule has 6 nitrogen and oxygen atoms in total. The van der Waals surface area contributed by atoms with Gasteiger partial charge in [0.05, 0.1) is 20.3 Å². The Morgan fingerprint density at radius 3 is 2.44 bits per heavy atom. The Balaban J connectivity index is 2.21. The van der Waals surface area contributed by atoms with Gasteiger partial charge in [0, 0.05) is 13.7 Å². The molecule has 25 heavy (non-hydrogen) atoms. The van der Waals surface area contributed by atoms with Gasteiger partial charge < -0.3 is 14.2 Å². The SMILES string of the molecule is COc1cccc(C(CNS(=O)(=O)c2cc(C)ccc2OC)OC)c1. The molecular formula is C18H23NO5S. The van der Waals surface area contributed by atoms with E-state index >= 15 is 0 Å². The van der Waals surface area contributed by atoms with Crippen molar-refractivity contribution in [2.75, 3.05) is 27.9 Å². The van der Waals surface area contributed by atoms with Gasteiger partial charge in [0.15, 0.2) is 0 Å². The molecule has 0 saturated carbocycles. The maximum atomic E-state index is 12.7. The van der Waals surface area contributed by atoms with Crippen molar-refractivity contribution in [1.82, 2.24) is 4.72 Å². The lowest BCUT2D eigenvalue weighted by atomic mass is 10.1. The summed E-state index contributed by atoms with van der Waals surface area (Å²) in [5.41, 5.74) is 1.65. The van der Waals surface area contributed by atoms with Gasteiger partial charge in [-0.2, -0.15) is 0 Å². The van der Waals surface area contributed by atoms with Crippen LogP contribution in [0.15, 0.2) is 47.4 Å². The van der Waals surface area contributed by atoms with E-state index in [0.29, 0.717) is 11.5 Å². The lowest BCUT2D eigenvalue weighted by Crippen LogP contribution is -2.29. The molecule has 2 aromatic carbocycles. The monoisotopic (exact) mass is 365 g/mol. The third-order valence-corrected chi connectivity index (χ3v) is 5.26. The van der Waals surface area contributed by atoms with Gasteiger partial charge in [-0.15, -0.1) is 0 Å². The highest BCUT2D eigenvalue weighted by molar-refractivity contribution is 7.89. The predicted octanol–water partition coefficient (Wildman–Crippen LogP) is 2.68. The summed E-state index contributed by atoms with van der Waals surface area (Å²) in [4.78, 5) is 0.107. The molecule has 0 saturated heterocycles. The molecule has 0 aliphatic carbocycles. The first-order valence-electron chi connectivity index (χ1n) is 7.72. The molecule has 0 aliphatic rings. The van der Waals surface area contributed by atoms with Gasteiger partial charge in [-0.1, -0.05) is 18.2 Å². The van der Waals surface area contributed by atoms with E-state index in [1.54, 1.807) is 25.3 Å². The lowest BCUT2D eigenvalue weighted by Gasteiger charge is -2.18. The van der Waals surface area contributed by atoms with Crippen LogP contribution in [0.5, 0.6) is 11.5 Å². The third-order valence-electron chi connectivity index (χ3n) is 3.82. The summed E-state index contributed by atoms with van der Waals surface area (Å²) in [6.45, 7) is 1.91. The third kappa shape index (κ3) is 4.72. The molecule has 0 bridgehead atoms. The summed E-state index contributed by atoms with van der Waals surface area (Å²) in [7, 11) is 0.812. The minimum absolute atomic E-state index is 0.0864. The second-order valence-electron chi connectivity index (χ2n) is 5.51. The smallest absolute Gasteiger partial charge is 0.244 e. The van der Waals surface area contributed by atoms with Gasteiger partial charge in [-0.05, 0) is 42.3 Å². The number of nitrogens with one attached hydrogen (secondary N) is 1. The Labute approximate surface area is 148 Å². The van der Waals surface area contributed by atoms with E-state index < -0.39 is 16.1 Å². The van der Waals surface area contributed by atoms with Crippen LogP contribution in [0.1, 0.15) is 17.2 Å². The number of aryl methyl sites for hydroxylation is 1. The maximum absolute atomic E-state index is 12.7. The van der Waals surface area contributed by atoms with Crippen LogP contribution in [0.4, 0.5) is 0 Å². The molecule has 1 atom stereocenters. The first-order chi connectivity index (χ1) is 11.9. The highest BCUT2D eigenvalue weighted by atomic mass is 32.2. The van der Waals surface area contributed by atoms with Crippen molar-refractivity contribution in [3.63, 3.8) is 0 Å². The van der Waals surface area contributed by atoms with E-state index in [0.717, 1.165) is 11.1 Å². The molecule has 0 aromatic heterocycles. The molecule has 2 aromatic rings. The van der Waals surface area contributed by atoms with E-state index in [1.807, 2.05) is 31.2 Å². The molecule has 2 rings (SSSR count). The van der Waals surface area contributed by atoms with E-state index in [-0.39, 0.29) is 11.4 Å². The van der Waals surface area contributed by atoms with Crippen molar-refractivity contribution in [2.45, 2.75) is 17.9 Å². The molecule has 1 unspecified atom stereocenters. The van der Waals surface area contributed by atoms with Gasteiger partial charge in [0.25, 0.3) is 0 Å². The predicted molar refractivity (Wildman–Crippen MR) is 95.7 cm³/mol. The van der Waals surface area contributed by atoms with Crippen LogP contribution in [0, 0.1) is 6.92 Å². The standard InChI is InChI=1S/C18H23NO5S/c1-13-8-9-16(23-3)18(10-13)25(20,21)19-12-17(24-4)14-6-5-7-15(11-14)22-2/h5-11,17,19H,12H2,1-4H3. The molecule has 1 N–H and O–H groups in total. The van der Waals surface area contributed by atoms with E-state index in [1.165, 1.54) is 14.2 Å². The number of methoxy groups -OCH3 is 3. The molecule has 0 aliphatic heterocycles.